The Morgan fingerprint density at radius 2 is 1.92 bits per heavy atom. The summed E-state index contributed by atoms with van der Waals surface area (Å²) >= 11 is 0. The zero-order chi connectivity index (χ0) is 27.6. The van der Waals surface area contributed by atoms with E-state index in [2.05, 4.69) is 20.5 Å². The van der Waals surface area contributed by atoms with Crippen LogP contribution in [0.1, 0.15) is 47.3 Å². The number of aliphatic hydroxyl groups is 1. The summed E-state index contributed by atoms with van der Waals surface area (Å²) in [6.07, 6.45) is -0.578. The van der Waals surface area contributed by atoms with Crippen LogP contribution < -0.4 is 5.32 Å². The summed E-state index contributed by atoms with van der Waals surface area (Å²) in [5, 5.41) is 27.4. The Labute approximate surface area is 214 Å². The average Bonchev–Trinajstić information content (AvgIpc) is 3.58. The Morgan fingerprint density at radius 1 is 1.18 bits per heavy atom. The van der Waals surface area contributed by atoms with Gasteiger partial charge in [-0.1, -0.05) is 5.21 Å². The lowest BCUT2D eigenvalue weighted by molar-refractivity contribution is -0.192. The Morgan fingerprint density at radius 3 is 2.58 bits per heavy atom. The number of aromatic nitrogens is 3. The largest absolute Gasteiger partial charge is 0.490 e. The van der Waals surface area contributed by atoms with Crippen LogP contribution in [0.3, 0.4) is 0 Å². The van der Waals surface area contributed by atoms with Gasteiger partial charge in [0.1, 0.15) is 6.04 Å². The Kier molecular flexibility index (Phi) is 7.78. The van der Waals surface area contributed by atoms with Gasteiger partial charge in [0, 0.05) is 31.1 Å². The van der Waals surface area contributed by atoms with E-state index in [1.54, 1.807) is 10.7 Å². The first kappa shape index (κ1) is 27.2. The van der Waals surface area contributed by atoms with Gasteiger partial charge in [-0.3, -0.25) is 24.6 Å². The number of rotatable bonds is 5. The number of carbonyl (C=O) groups is 4. The molecule has 0 aliphatic carbocycles. The molecule has 2 atom stereocenters. The van der Waals surface area contributed by atoms with E-state index >= 15 is 0 Å². The van der Waals surface area contributed by atoms with Crippen LogP contribution in [0, 0.1) is 0 Å². The maximum atomic E-state index is 12.8. The fourth-order valence-corrected chi connectivity index (χ4v) is 4.72. The Bertz CT molecular complexity index is 1250. The van der Waals surface area contributed by atoms with Crippen molar-refractivity contribution in [3.63, 3.8) is 0 Å². The second-order valence-corrected chi connectivity index (χ2v) is 9.15. The van der Waals surface area contributed by atoms with Crippen LogP contribution in [0.5, 0.6) is 0 Å². The van der Waals surface area contributed by atoms with Crippen molar-refractivity contribution in [1.29, 1.82) is 0 Å². The number of aliphatic hydroxyl groups excluding tert-OH is 1. The van der Waals surface area contributed by atoms with Gasteiger partial charge in [0.05, 0.1) is 24.2 Å². The molecular weight excluding hydrogens is 513 g/mol. The highest BCUT2D eigenvalue weighted by atomic mass is 19.4. The minimum Gasteiger partial charge on any atom is -0.475 e. The van der Waals surface area contributed by atoms with E-state index < -0.39 is 24.1 Å². The molecule has 1 aromatic carbocycles. The van der Waals surface area contributed by atoms with E-state index in [9.17, 15) is 32.7 Å². The number of hydrogen-bond donors (Lipinski definition) is 3. The van der Waals surface area contributed by atoms with Crippen LogP contribution in [-0.4, -0.2) is 90.1 Å². The van der Waals surface area contributed by atoms with Gasteiger partial charge >= 0.3 is 12.1 Å². The van der Waals surface area contributed by atoms with Crippen LogP contribution in [0.25, 0.3) is 5.69 Å². The van der Waals surface area contributed by atoms with Gasteiger partial charge in [-0.05, 0) is 49.6 Å². The number of halogens is 3. The van der Waals surface area contributed by atoms with Gasteiger partial charge in [0.25, 0.3) is 5.91 Å². The zero-order valence-corrected chi connectivity index (χ0v) is 20.0. The van der Waals surface area contributed by atoms with Crippen molar-refractivity contribution in [1.82, 2.24) is 30.1 Å². The SMILES string of the molecule is O=C(O)C(F)(F)F.O=C1CCC(N2Cc3cc(-n4cc(CN5CCCC5CO)nn4)ccc3C2=O)C(=O)N1. The number of alkyl halides is 3. The number of piperidine rings is 1. The molecule has 3 amide bonds. The number of carboxylic acids is 1. The first-order valence-electron chi connectivity index (χ1n) is 11.8. The number of carboxylic acid groups (broad SMARTS) is 1. The molecular formula is C23H25F3N6O6. The smallest absolute Gasteiger partial charge is 0.475 e. The molecule has 2 aromatic rings. The molecule has 0 radical (unpaired) electrons. The average molecular weight is 538 g/mol. The quantitative estimate of drug-likeness (QED) is 0.464. The fraction of sp³-hybridized carbons (Fsp3) is 0.478. The lowest BCUT2D eigenvalue weighted by Gasteiger charge is -2.29. The standard InChI is InChI=1S/C21H24N6O4.C2HF3O2/c28-12-16-2-1-7-25(16)10-14-11-27(24-23-14)15-3-4-17-13(8-15)9-26(21(17)31)18-5-6-19(29)22-20(18)30;3-2(4,5)1(6)7/h3-4,8,11,16,18,28H,1-2,5-7,9-10,12H2,(H,22,29,30);(H,6,7). The monoisotopic (exact) mass is 538 g/mol. The third kappa shape index (κ3) is 5.83. The van der Waals surface area contributed by atoms with Crippen LogP contribution >= 0.6 is 0 Å². The molecule has 204 valence electrons. The number of likely N-dealkylation sites (tertiary alicyclic amines) is 1. The molecule has 2 fully saturated rings. The second kappa shape index (κ2) is 10.9. The van der Waals surface area contributed by atoms with E-state index in [4.69, 9.17) is 9.90 Å². The topological polar surface area (TPSA) is 158 Å². The third-order valence-corrected chi connectivity index (χ3v) is 6.63. The molecule has 4 heterocycles. The first-order chi connectivity index (χ1) is 18.0. The van der Waals surface area contributed by atoms with Gasteiger partial charge < -0.3 is 15.1 Å². The van der Waals surface area contributed by atoms with Crippen LogP contribution in [0.2, 0.25) is 0 Å². The maximum Gasteiger partial charge on any atom is 0.490 e. The Balaban J connectivity index is 0.000000426. The van der Waals surface area contributed by atoms with Gasteiger partial charge in [0.2, 0.25) is 11.8 Å². The predicted molar refractivity (Wildman–Crippen MR) is 122 cm³/mol. The highest BCUT2D eigenvalue weighted by Gasteiger charge is 2.39. The summed E-state index contributed by atoms with van der Waals surface area (Å²) < 4.78 is 33.4. The number of nitrogens with one attached hydrogen (secondary N) is 1. The van der Waals surface area contributed by atoms with Gasteiger partial charge in [-0.15, -0.1) is 5.10 Å². The van der Waals surface area contributed by atoms with Crippen molar-refractivity contribution < 1.29 is 42.6 Å². The summed E-state index contributed by atoms with van der Waals surface area (Å²) in [4.78, 5) is 49.1. The number of aliphatic carboxylic acids is 1. The minimum absolute atomic E-state index is 0.149. The molecule has 38 heavy (non-hydrogen) atoms. The molecule has 15 heteroatoms. The van der Waals surface area contributed by atoms with Crippen LogP contribution in [-0.2, 0) is 27.5 Å². The fourth-order valence-electron chi connectivity index (χ4n) is 4.72. The molecule has 1 aromatic heterocycles. The van der Waals surface area contributed by atoms with Crippen molar-refractivity contribution in [2.24, 2.45) is 0 Å². The molecule has 3 aliphatic rings. The van der Waals surface area contributed by atoms with Crippen molar-refractivity contribution >= 4 is 23.7 Å². The summed E-state index contributed by atoms with van der Waals surface area (Å²) in [5.74, 6) is -3.66. The molecule has 5 rings (SSSR count). The molecule has 2 unspecified atom stereocenters. The van der Waals surface area contributed by atoms with E-state index in [0.29, 0.717) is 25.1 Å². The number of benzene rings is 1. The van der Waals surface area contributed by atoms with Crippen LogP contribution in [0.15, 0.2) is 24.4 Å². The van der Waals surface area contributed by atoms with Gasteiger partial charge in [-0.2, -0.15) is 13.2 Å². The first-order valence-corrected chi connectivity index (χ1v) is 11.8. The number of hydrogen-bond acceptors (Lipinski definition) is 8. The second-order valence-electron chi connectivity index (χ2n) is 9.15. The Hall–Kier alpha value is -3.85. The van der Waals surface area contributed by atoms with Gasteiger partial charge in [-0.25, -0.2) is 9.48 Å². The maximum absolute atomic E-state index is 12.8. The normalized spacial score (nSPS) is 21.7. The van der Waals surface area contributed by atoms with E-state index in [0.717, 1.165) is 36.3 Å². The minimum atomic E-state index is -5.08. The predicted octanol–water partition coefficient (Wildman–Crippen LogP) is 0.618. The summed E-state index contributed by atoms with van der Waals surface area (Å²) in [6, 6.07) is 5.01. The van der Waals surface area contributed by atoms with E-state index in [1.807, 2.05) is 18.3 Å². The highest BCUT2D eigenvalue weighted by molar-refractivity contribution is 6.05. The van der Waals surface area contributed by atoms with Gasteiger partial charge in [0.15, 0.2) is 0 Å². The van der Waals surface area contributed by atoms with E-state index in [-0.39, 0.29) is 30.9 Å². The lowest BCUT2D eigenvalue weighted by atomic mass is 10.0. The molecule has 2 saturated heterocycles. The summed E-state index contributed by atoms with van der Waals surface area (Å²) in [5.41, 5.74) is 3.00. The molecule has 3 aliphatic heterocycles. The number of imide groups is 1. The van der Waals surface area contributed by atoms with Crippen molar-refractivity contribution in [3.05, 3.63) is 41.2 Å². The number of nitrogens with zero attached hydrogens (tertiary/aromatic N) is 5. The highest BCUT2D eigenvalue weighted by Crippen LogP contribution is 2.29. The lowest BCUT2D eigenvalue weighted by Crippen LogP contribution is -2.52. The van der Waals surface area contributed by atoms with Crippen molar-refractivity contribution in [3.8, 4) is 5.69 Å². The number of amides is 3. The zero-order valence-electron chi connectivity index (χ0n) is 20.0. The van der Waals surface area contributed by atoms with Crippen molar-refractivity contribution in [2.75, 3.05) is 13.2 Å². The number of carbonyl (C=O) groups excluding carboxylic acids is 3. The third-order valence-electron chi connectivity index (χ3n) is 6.63. The molecule has 0 saturated carbocycles. The van der Waals surface area contributed by atoms with Crippen molar-refractivity contribution in [2.45, 2.75) is 57.0 Å². The molecule has 0 bridgehead atoms. The summed E-state index contributed by atoms with van der Waals surface area (Å²) in [7, 11) is 0. The molecule has 3 N–H and O–H groups in total. The molecule has 12 nitrogen and oxygen atoms in total. The molecule has 0 spiro atoms. The summed E-state index contributed by atoms with van der Waals surface area (Å²) in [6.45, 7) is 2.05. The van der Waals surface area contributed by atoms with Crippen LogP contribution in [0.4, 0.5) is 13.2 Å². The van der Waals surface area contributed by atoms with E-state index in [1.165, 1.54) is 4.90 Å². The number of fused-ring (bicyclic) bond motifs is 1.